The second-order valence-electron chi connectivity index (χ2n) is 4.33. The third-order valence-electron chi connectivity index (χ3n) is 2.89. The van der Waals surface area contributed by atoms with Crippen LogP contribution in [0.3, 0.4) is 0 Å². The SMILES string of the molecule is NCc1ccc(F)cc1COCCOc1ccccc1. The van der Waals surface area contributed by atoms with E-state index in [9.17, 15) is 4.39 Å². The van der Waals surface area contributed by atoms with Gasteiger partial charge in [-0.05, 0) is 35.4 Å². The molecule has 0 aromatic heterocycles. The lowest BCUT2D eigenvalue weighted by atomic mass is 10.1. The van der Waals surface area contributed by atoms with Crippen LogP contribution in [0.2, 0.25) is 0 Å². The van der Waals surface area contributed by atoms with Gasteiger partial charge >= 0.3 is 0 Å². The molecule has 0 unspecified atom stereocenters. The molecule has 0 aliphatic carbocycles. The second kappa shape index (κ2) is 7.62. The molecule has 0 radical (unpaired) electrons. The van der Waals surface area contributed by atoms with Gasteiger partial charge in [0.2, 0.25) is 0 Å². The van der Waals surface area contributed by atoms with E-state index in [0.29, 0.717) is 26.4 Å². The van der Waals surface area contributed by atoms with E-state index in [1.807, 2.05) is 30.3 Å². The maximum absolute atomic E-state index is 13.2. The summed E-state index contributed by atoms with van der Waals surface area (Å²) in [6.45, 7) is 1.61. The number of halogens is 1. The summed E-state index contributed by atoms with van der Waals surface area (Å²) in [5.41, 5.74) is 7.29. The Bertz CT molecular complexity index is 531. The van der Waals surface area contributed by atoms with E-state index >= 15 is 0 Å². The number of hydrogen-bond acceptors (Lipinski definition) is 3. The number of nitrogens with two attached hydrogens (primary N) is 1. The number of ether oxygens (including phenoxy) is 2. The highest BCUT2D eigenvalue weighted by Crippen LogP contribution is 2.12. The summed E-state index contributed by atoms with van der Waals surface area (Å²) in [7, 11) is 0. The normalized spacial score (nSPS) is 10.5. The Balaban J connectivity index is 1.75. The summed E-state index contributed by atoms with van der Waals surface area (Å²) in [6, 6.07) is 14.1. The van der Waals surface area contributed by atoms with Gasteiger partial charge in [0.15, 0.2) is 0 Å². The van der Waals surface area contributed by atoms with Crippen LogP contribution >= 0.6 is 0 Å². The summed E-state index contributed by atoms with van der Waals surface area (Å²) in [6.07, 6.45) is 0. The highest BCUT2D eigenvalue weighted by atomic mass is 19.1. The third-order valence-corrected chi connectivity index (χ3v) is 2.89. The molecule has 2 aromatic carbocycles. The summed E-state index contributed by atoms with van der Waals surface area (Å²) in [4.78, 5) is 0. The Labute approximate surface area is 118 Å². The van der Waals surface area contributed by atoms with Gasteiger partial charge in [0, 0.05) is 6.54 Å². The minimum Gasteiger partial charge on any atom is -0.491 e. The first-order valence-electron chi connectivity index (χ1n) is 6.52. The van der Waals surface area contributed by atoms with Crippen LogP contribution in [0.15, 0.2) is 48.5 Å². The molecule has 106 valence electrons. The van der Waals surface area contributed by atoms with Crippen molar-refractivity contribution in [3.63, 3.8) is 0 Å². The van der Waals surface area contributed by atoms with Crippen molar-refractivity contribution in [1.82, 2.24) is 0 Å². The Morgan fingerprint density at radius 1 is 0.950 bits per heavy atom. The fourth-order valence-electron chi connectivity index (χ4n) is 1.85. The van der Waals surface area contributed by atoms with Crippen LogP contribution in [0, 0.1) is 5.82 Å². The van der Waals surface area contributed by atoms with Crippen molar-refractivity contribution < 1.29 is 13.9 Å². The number of rotatable bonds is 7. The number of hydrogen-bond donors (Lipinski definition) is 1. The minimum absolute atomic E-state index is 0.277. The number of benzene rings is 2. The van der Waals surface area contributed by atoms with Gasteiger partial charge in [-0.25, -0.2) is 4.39 Å². The van der Waals surface area contributed by atoms with Crippen molar-refractivity contribution in [2.45, 2.75) is 13.2 Å². The molecule has 3 nitrogen and oxygen atoms in total. The molecule has 2 rings (SSSR count). The zero-order chi connectivity index (χ0) is 14.2. The van der Waals surface area contributed by atoms with Crippen molar-refractivity contribution in [3.05, 3.63) is 65.5 Å². The average molecular weight is 275 g/mol. The Morgan fingerprint density at radius 3 is 2.50 bits per heavy atom. The minimum atomic E-state index is -0.277. The Kier molecular flexibility index (Phi) is 5.53. The van der Waals surface area contributed by atoms with Gasteiger partial charge in [-0.3, -0.25) is 0 Å². The average Bonchev–Trinajstić information content (AvgIpc) is 2.48. The molecule has 0 saturated carbocycles. The standard InChI is InChI=1S/C16H18FNO2/c17-15-7-6-13(11-18)14(10-15)12-19-8-9-20-16-4-2-1-3-5-16/h1-7,10H,8-9,11-12,18H2. The molecule has 0 heterocycles. The van der Waals surface area contributed by atoms with Crippen molar-refractivity contribution in [1.29, 1.82) is 0 Å². The summed E-state index contributed by atoms with van der Waals surface area (Å²) in [5.74, 6) is 0.533. The van der Waals surface area contributed by atoms with E-state index in [0.717, 1.165) is 16.9 Å². The van der Waals surface area contributed by atoms with Crippen LogP contribution in [0.4, 0.5) is 4.39 Å². The van der Waals surface area contributed by atoms with E-state index < -0.39 is 0 Å². The fourth-order valence-corrected chi connectivity index (χ4v) is 1.85. The summed E-state index contributed by atoms with van der Waals surface area (Å²) >= 11 is 0. The third kappa shape index (κ3) is 4.33. The van der Waals surface area contributed by atoms with Crippen LogP contribution in [-0.2, 0) is 17.9 Å². The van der Waals surface area contributed by atoms with Crippen LogP contribution in [0.5, 0.6) is 5.75 Å². The molecule has 4 heteroatoms. The lowest BCUT2D eigenvalue weighted by Crippen LogP contribution is -2.09. The fraction of sp³-hybridized carbons (Fsp3) is 0.250. The molecule has 0 spiro atoms. The molecule has 0 aliphatic rings. The summed E-state index contributed by atoms with van der Waals surface area (Å²) in [5, 5.41) is 0. The molecule has 0 fully saturated rings. The predicted molar refractivity (Wildman–Crippen MR) is 75.9 cm³/mol. The van der Waals surface area contributed by atoms with Gasteiger partial charge in [0.1, 0.15) is 18.2 Å². The second-order valence-corrected chi connectivity index (χ2v) is 4.33. The molecular weight excluding hydrogens is 257 g/mol. The van der Waals surface area contributed by atoms with Gasteiger partial charge in [-0.1, -0.05) is 24.3 Å². The van der Waals surface area contributed by atoms with Crippen LogP contribution in [0.1, 0.15) is 11.1 Å². The van der Waals surface area contributed by atoms with Crippen molar-refractivity contribution in [2.75, 3.05) is 13.2 Å². The van der Waals surface area contributed by atoms with Gasteiger partial charge in [-0.2, -0.15) is 0 Å². The lowest BCUT2D eigenvalue weighted by Gasteiger charge is -2.10. The molecule has 0 aliphatic heterocycles. The van der Waals surface area contributed by atoms with Crippen molar-refractivity contribution in [3.8, 4) is 5.75 Å². The van der Waals surface area contributed by atoms with E-state index in [-0.39, 0.29) is 5.82 Å². The molecule has 2 N–H and O–H groups in total. The van der Waals surface area contributed by atoms with Gasteiger partial charge in [0.25, 0.3) is 0 Å². The maximum Gasteiger partial charge on any atom is 0.123 e. The lowest BCUT2D eigenvalue weighted by molar-refractivity contribution is 0.0883. The largest absolute Gasteiger partial charge is 0.491 e. The molecule has 0 bridgehead atoms. The number of para-hydroxylation sites is 1. The quantitative estimate of drug-likeness (QED) is 0.790. The topological polar surface area (TPSA) is 44.5 Å². The first kappa shape index (κ1) is 14.5. The molecular formula is C16H18FNO2. The maximum atomic E-state index is 13.2. The van der Waals surface area contributed by atoms with E-state index in [1.54, 1.807) is 6.07 Å². The van der Waals surface area contributed by atoms with Crippen LogP contribution < -0.4 is 10.5 Å². The molecule has 0 atom stereocenters. The molecule has 0 amide bonds. The first-order valence-corrected chi connectivity index (χ1v) is 6.52. The Hall–Kier alpha value is -1.91. The molecule has 20 heavy (non-hydrogen) atoms. The van der Waals surface area contributed by atoms with E-state index in [2.05, 4.69) is 0 Å². The van der Waals surface area contributed by atoms with E-state index in [1.165, 1.54) is 12.1 Å². The Morgan fingerprint density at radius 2 is 1.75 bits per heavy atom. The van der Waals surface area contributed by atoms with Crippen LogP contribution in [0.25, 0.3) is 0 Å². The predicted octanol–water partition coefficient (Wildman–Crippen LogP) is 2.88. The van der Waals surface area contributed by atoms with Gasteiger partial charge in [0.05, 0.1) is 13.2 Å². The first-order chi connectivity index (χ1) is 9.79. The smallest absolute Gasteiger partial charge is 0.123 e. The van der Waals surface area contributed by atoms with Gasteiger partial charge in [-0.15, -0.1) is 0 Å². The summed E-state index contributed by atoms with van der Waals surface area (Å²) < 4.78 is 24.2. The van der Waals surface area contributed by atoms with Crippen molar-refractivity contribution >= 4 is 0 Å². The zero-order valence-electron chi connectivity index (χ0n) is 11.2. The van der Waals surface area contributed by atoms with E-state index in [4.69, 9.17) is 15.2 Å². The van der Waals surface area contributed by atoms with Crippen LogP contribution in [-0.4, -0.2) is 13.2 Å². The zero-order valence-corrected chi connectivity index (χ0v) is 11.2. The highest BCUT2D eigenvalue weighted by molar-refractivity contribution is 5.27. The van der Waals surface area contributed by atoms with Gasteiger partial charge < -0.3 is 15.2 Å². The highest BCUT2D eigenvalue weighted by Gasteiger charge is 2.03. The molecule has 0 saturated heterocycles. The molecule has 2 aromatic rings. The van der Waals surface area contributed by atoms with Crippen molar-refractivity contribution in [2.24, 2.45) is 5.73 Å². The monoisotopic (exact) mass is 275 g/mol.